The van der Waals surface area contributed by atoms with Crippen molar-refractivity contribution in [1.29, 1.82) is 0 Å². The molecule has 0 atom stereocenters. The van der Waals surface area contributed by atoms with Crippen LogP contribution in [0.2, 0.25) is 0 Å². The Morgan fingerprint density at radius 3 is 2.59 bits per heavy atom. The van der Waals surface area contributed by atoms with E-state index in [9.17, 15) is 0 Å². The van der Waals surface area contributed by atoms with E-state index in [2.05, 4.69) is 16.4 Å². The third kappa shape index (κ3) is 2.18. The van der Waals surface area contributed by atoms with Crippen molar-refractivity contribution in [2.45, 2.75) is 51.2 Å². The fourth-order valence-electron chi connectivity index (χ4n) is 2.38. The normalized spacial score (nSPS) is 20.2. The lowest BCUT2D eigenvalue weighted by molar-refractivity contribution is 0.205. The minimum Gasteiger partial charge on any atom is -0.307 e. The van der Waals surface area contributed by atoms with Crippen molar-refractivity contribution in [3.05, 3.63) is 10.6 Å². The van der Waals surface area contributed by atoms with E-state index in [1.54, 1.807) is 0 Å². The zero-order chi connectivity index (χ0) is 12.0. The summed E-state index contributed by atoms with van der Waals surface area (Å²) in [7, 11) is 2.05. The van der Waals surface area contributed by atoms with Gasteiger partial charge in [0.15, 0.2) is 4.77 Å². The van der Waals surface area contributed by atoms with Crippen molar-refractivity contribution in [3.8, 4) is 0 Å². The van der Waals surface area contributed by atoms with Crippen LogP contribution in [0.5, 0.6) is 0 Å². The van der Waals surface area contributed by atoms with E-state index in [0.717, 1.165) is 24.0 Å². The Morgan fingerprint density at radius 2 is 2.06 bits per heavy atom. The van der Waals surface area contributed by atoms with Gasteiger partial charge < -0.3 is 4.57 Å². The molecule has 0 N–H and O–H groups in total. The molecule has 1 heterocycles. The number of hydrogen-bond acceptors (Lipinski definition) is 3. The molecular formula is C12H20N4S. The molecule has 2 aliphatic carbocycles. The monoisotopic (exact) mass is 252 g/mol. The molecule has 5 heteroatoms. The second-order valence-electron chi connectivity index (χ2n) is 5.25. The van der Waals surface area contributed by atoms with Gasteiger partial charge in [0.2, 0.25) is 0 Å². The summed E-state index contributed by atoms with van der Waals surface area (Å²) in [6.45, 7) is 4.16. The second kappa shape index (κ2) is 4.21. The SMILES string of the molecule is CCN(Cn1nc(C2CC2)n(C)c1=S)C1CC1. The average Bonchev–Trinajstić information content (AvgIpc) is 3.19. The summed E-state index contributed by atoms with van der Waals surface area (Å²) in [5.41, 5.74) is 0. The van der Waals surface area contributed by atoms with Crippen LogP contribution in [0.4, 0.5) is 0 Å². The van der Waals surface area contributed by atoms with Crippen molar-refractivity contribution in [2.75, 3.05) is 6.54 Å². The number of aromatic nitrogens is 3. The van der Waals surface area contributed by atoms with Gasteiger partial charge in [0.05, 0.1) is 6.67 Å². The first-order valence-corrected chi connectivity index (χ1v) is 6.99. The Labute approximate surface area is 107 Å². The Morgan fingerprint density at radius 1 is 1.35 bits per heavy atom. The summed E-state index contributed by atoms with van der Waals surface area (Å²) >= 11 is 5.47. The van der Waals surface area contributed by atoms with Crippen LogP contribution < -0.4 is 0 Å². The van der Waals surface area contributed by atoms with Gasteiger partial charge in [-0.3, -0.25) is 4.90 Å². The lowest BCUT2D eigenvalue weighted by Crippen LogP contribution is -2.29. The topological polar surface area (TPSA) is 26.0 Å². The van der Waals surface area contributed by atoms with Gasteiger partial charge in [-0.05, 0) is 44.4 Å². The van der Waals surface area contributed by atoms with Crippen LogP contribution in [0.1, 0.15) is 44.3 Å². The van der Waals surface area contributed by atoms with Gasteiger partial charge in [-0.25, -0.2) is 4.68 Å². The summed E-state index contributed by atoms with van der Waals surface area (Å²) in [5, 5.41) is 4.70. The molecule has 0 radical (unpaired) electrons. The molecule has 0 aromatic carbocycles. The van der Waals surface area contributed by atoms with Crippen LogP contribution in [-0.2, 0) is 13.7 Å². The predicted octanol–water partition coefficient (Wildman–Crippen LogP) is 2.27. The van der Waals surface area contributed by atoms with Crippen molar-refractivity contribution in [1.82, 2.24) is 19.2 Å². The molecule has 0 spiro atoms. The first-order valence-electron chi connectivity index (χ1n) is 6.58. The molecule has 1 aromatic heterocycles. The number of rotatable bonds is 5. The minimum absolute atomic E-state index is 0.666. The summed E-state index contributed by atoms with van der Waals surface area (Å²) in [5.74, 6) is 1.85. The Kier molecular flexibility index (Phi) is 2.83. The van der Waals surface area contributed by atoms with Crippen molar-refractivity contribution in [2.24, 2.45) is 7.05 Å². The lowest BCUT2D eigenvalue weighted by atomic mass is 10.4. The molecule has 1 aromatic rings. The van der Waals surface area contributed by atoms with Crippen LogP contribution in [0, 0.1) is 4.77 Å². The average molecular weight is 252 g/mol. The zero-order valence-corrected chi connectivity index (χ0v) is 11.4. The summed E-state index contributed by atoms with van der Waals surface area (Å²) < 4.78 is 4.96. The lowest BCUT2D eigenvalue weighted by Gasteiger charge is -2.19. The molecule has 2 saturated carbocycles. The largest absolute Gasteiger partial charge is 0.307 e. The fraction of sp³-hybridized carbons (Fsp3) is 0.833. The number of hydrogen-bond donors (Lipinski definition) is 0. The van der Waals surface area contributed by atoms with Crippen LogP contribution >= 0.6 is 12.2 Å². The van der Waals surface area contributed by atoms with Gasteiger partial charge in [0, 0.05) is 19.0 Å². The van der Waals surface area contributed by atoms with E-state index in [-0.39, 0.29) is 0 Å². The molecule has 94 valence electrons. The Hall–Kier alpha value is -0.680. The molecule has 0 saturated heterocycles. The first kappa shape index (κ1) is 11.4. The van der Waals surface area contributed by atoms with Crippen LogP contribution in [0.25, 0.3) is 0 Å². The number of nitrogens with zero attached hydrogens (tertiary/aromatic N) is 4. The van der Waals surface area contributed by atoms with Gasteiger partial charge in [-0.2, -0.15) is 5.10 Å². The second-order valence-corrected chi connectivity index (χ2v) is 5.62. The van der Waals surface area contributed by atoms with Gasteiger partial charge >= 0.3 is 0 Å². The molecule has 0 unspecified atom stereocenters. The summed E-state index contributed by atoms with van der Waals surface area (Å²) in [6.07, 6.45) is 5.23. The highest BCUT2D eigenvalue weighted by molar-refractivity contribution is 7.71. The van der Waals surface area contributed by atoms with Crippen LogP contribution in [0.15, 0.2) is 0 Å². The molecule has 4 nitrogen and oxygen atoms in total. The molecule has 0 bridgehead atoms. The van der Waals surface area contributed by atoms with Crippen molar-refractivity contribution in [3.63, 3.8) is 0 Å². The third-order valence-electron chi connectivity index (χ3n) is 3.80. The molecule has 17 heavy (non-hydrogen) atoms. The van der Waals surface area contributed by atoms with Crippen LogP contribution in [0.3, 0.4) is 0 Å². The molecule has 0 amide bonds. The maximum absolute atomic E-state index is 5.47. The van der Waals surface area contributed by atoms with Gasteiger partial charge in [0.1, 0.15) is 5.82 Å². The Balaban J connectivity index is 1.81. The highest BCUT2D eigenvalue weighted by Gasteiger charge is 2.31. The van der Waals surface area contributed by atoms with Gasteiger partial charge in [-0.15, -0.1) is 0 Å². The predicted molar refractivity (Wildman–Crippen MR) is 69.4 cm³/mol. The van der Waals surface area contributed by atoms with E-state index in [1.807, 2.05) is 11.7 Å². The Bertz CT molecular complexity index is 467. The fourth-order valence-corrected chi connectivity index (χ4v) is 2.57. The molecule has 2 fully saturated rings. The summed E-state index contributed by atoms with van der Waals surface area (Å²) in [6, 6.07) is 0.772. The van der Waals surface area contributed by atoms with E-state index < -0.39 is 0 Å². The minimum atomic E-state index is 0.666. The highest BCUT2D eigenvalue weighted by atomic mass is 32.1. The van der Waals surface area contributed by atoms with Gasteiger partial charge in [0.25, 0.3) is 0 Å². The van der Waals surface area contributed by atoms with Crippen LogP contribution in [-0.4, -0.2) is 31.8 Å². The van der Waals surface area contributed by atoms with E-state index in [1.165, 1.54) is 31.5 Å². The van der Waals surface area contributed by atoms with E-state index >= 15 is 0 Å². The first-order chi connectivity index (χ1) is 8.20. The zero-order valence-electron chi connectivity index (χ0n) is 10.6. The summed E-state index contributed by atoms with van der Waals surface area (Å²) in [4.78, 5) is 2.47. The van der Waals surface area contributed by atoms with E-state index in [4.69, 9.17) is 17.3 Å². The van der Waals surface area contributed by atoms with E-state index in [0.29, 0.717) is 5.92 Å². The molecule has 0 aliphatic heterocycles. The quantitative estimate of drug-likeness (QED) is 0.752. The smallest absolute Gasteiger partial charge is 0.198 e. The van der Waals surface area contributed by atoms with Gasteiger partial charge in [-0.1, -0.05) is 6.92 Å². The maximum atomic E-state index is 5.47. The molecule has 2 aliphatic rings. The van der Waals surface area contributed by atoms with Crippen molar-refractivity contribution < 1.29 is 0 Å². The highest BCUT2D eigenvalue weighted by Crippen LogP contribution is 2.38. The standard InChI is InChI=1S/C12H20N4S/c1-3-15(10-6-7-10)8-16-12(17)14(2)11(13-16)9-4-5-9/h9-10H,3-8H2,1-2H3. The molecular weight excluding hydrogens is 232 g/mol. The maximum Gasteiger partial charge on any atom is 0.198 e. The molecule has 3 rings (SSSR count). The third-order valence-corrected chi connectivity index (χ3v) is 4.29. The van der Waals surface area contributed by atoms with Crippen molar-refractivity contribution >= 4 is 12.2 Å².